The maximum absolute atomic E-state index is 10.9. The summed E-state index contributed by atoms with van der Waals surface area (Å²) in [6.45, 7) is 3.77. The van der Waals surface area contributed by atoms with Gasteiger partial charge in [-0.2, -0.15) is 11.8 Å². The largest absolute Gasteiger partial charge is 0.406 e. The Balaban J connectivity index is 2.85. The Hall–Kier alpha value is -1.24. The lowest BCUT2D eigenvalue weighted by molar-refractivity contribution is -0.388. The number of hydrogen-bond acceptors (Lipinski definition) is 5. The monoisotopic (exact) mass is 258 g/mol. The number of rotatable bonds is 6. The summed E-state index contributed by atoms with van der Waals surface area (Å²) < 4.78 is 1.72. The highest BCUT2D eigenvalue weighted by Gasteiger charge is 2.24. The molecule has 1 atom stereocenters. The van der Waals surface area contributed by atoms with Crippen LogP contribution in [-0.4, -0.2) is 32.5 Å². The number of nitrogens with one attached hydrogen (secondary N) is 1. The van der Waals surface area contributed by atoms with Crippen molar-refractivity contribution in [2.24, 2.45) is 7.05 Å². The number of aryl methyl sites for hydroxylation is 1. The van der Waals surface area contributed by atoms with Crippen molar-refractivity contribution in [2.45, 2.75) is 26.3 Å². The van der Waals surface area contributed by atoms with Crippen molar-refractivity contribution in [3.63, 3.8) is 0 Å². The average molecular weight is 258 g/mol. The smallest absolute Gasteiger partial charge is 0.362 e. The van der Waals surface area contributed by atoms with Crippen LogP contribution in [0.15, 0.2) is 0 Å². The molecule has 0 radical (unpaired) electrons. The highest BCUT2D eigenvalue weighted by molar-refractivity contribution is 7.98. The van der Waals surface area contributed by atoms with Crippen LogP contribution in [0.4, 0.5) is 11.6 Å². The van der Waals surface area contributed by atoms with Crippen LogP contribution in [0.3, 0.4) is 0 Å². The summed E-state index contributed by atoms with van der Waals surface area (Å²) in [5, 5.41) is 14.0. The lowest BCUT2D eigenvalue weighted by Gasteiger charge is -2.14. The Morgan fingerprint density at radius 2 is 2.29 bits per heavy atom. The molecule has 1 unspecified atom stereocenters. The molecule has 0 fully saturated rings. The van der Waals surface area contributed by atoms with Crippen LogP contribution in [-0.2, 0) is 7.05 Å². The van der Waals surface area contributed by atoms with Gasteiger partial charge in [-0.3, -0.25) is 4.57 Å². The molecule has 0 aromatic carbocycles. The molecule has 1 rings (SSSR count). The van der Waals surface area contributed by atoms with Crippen LogP contribution < -0.4 is 5.32 Å². The van der Waals surface area contributed by atoms with Crippen LogP contribution in [0.2, 0.25) is 0 Å². The van der Waals surface area contributed by atoms with E-state index in [2.05, 4.69) is 10.3 Å². The van der Waals surface area contributed by atoms with Gasteiger partial charge in [0.1, 0.15) is 0 Å². The molecule has 0 saturated carbocycles. The van der Waals surface area contributed by atoms with Crippen molar-refractivity contribution in [3.8, 4) is 0 Å². The molecular formula is C10H18N4O2S. The Labute approximate surface area is 105 Å². The van der Waals surface area contributed by atoms with Crippen molar-refractivity contribution in [3.05, 3.63) is 15.9 Å². The van der Waals surface area contributed by atoms with Crippen LogP contribution >= 0.6 is 11.8 Å². The summed E-state index contributed by atoms with van der Waals surface area (Å²) in [7, 11) is 1.78. The fraction of sp³-hybridized carbons (Fsp3) is 0.700. The first-order valence-electron chi connectivity index (χ1n) is 5.40. The molecular weight excluding hydrogens is 240 g/mol. The molecule has 0 aliphatic heterocycles. The van der Waals surface area contributed by atoms with E-state index in [0.717, 1.165) is 12.2 Å². The third-order valence-electron chi connectivity index (χ3n) is 2.61. The van der Waals surface area contributed by atoms with E-state index in [4.69, 9.17) is 0 Å². The van der Waals surface area contributed by atoms with Gasteiger partial charge in [-0.05, 0) is 35.3 Å². The maximum atomic E-state index is 10.9. The SMILES string of the molecule is CSCCC(C)Nc1c([N+](=O)[O-])nc(C)n1C. The second-order valence-electron chi connectivity index (χ2n) is 3.97. The summed E-state index contributed by atoms with van der Waals surface area (Å²) in [6, 6.07) is 0.191. The minimum atomic E-state index is -0.448. The van der Waals surface area contributed by atoms with Crippen LogP contribution in [0, 0.1) is 17.0 Å². The number of aromatic nitrogens is 2. The van der Waals surface area contributed by atoms with Crippen molar-refractivity contribution in [2.75, 3.05) is 17.3 Å². The van der Waals surface area contributed by atoms with Gasteiger partial charge in [-0.1, -0.05) is 0 Å². The van der Waals surface area contributed by atoms with Crippen LogP contribution in [0.25, 0.3) is 0 Å². The molecule has 0 aliphatic carbocycles. The maximum Gasteiger partial charge on any atom is 0.406 e. The second kappa shape index (κ2) is 5.90. The summed E-state index contributed by atoms with van der Waals surface area (Å²) in [4.78, 5) is 14.4. The summed E-state index contributed by atoms with van der Waals surface area (Å²) in [5.41, 5.74) is 0. The molecule has 0 bridgehead atoms. The van der Waals surface area contributed by atoms with Gasteiger partial charge in [0.2, 0.25) is 11.6 Å². The molecule has 1 N–H and O–H groups in total. The zero-order valence-electron chi connectivity index (χ0n) is 10.6. The molecule has 7 heteroatoms. The van der Waals surface area contributed by atoms with Gasteiger partial charge in [0.25, 0.3) is 0 Å². The van der Waals surface area contributed by atoms with Gasteiger partial charge in [0.05, 0.1) is 0 Å². The minimum Gasteiger partial charge on any atom is -0.362 e. The topological polar surface area (TPSA) is 73.0 Å². The third-order valence-corrected chi connectivity index (χ3v) is 3.26. The zero-order valence-corrected chi connectivity index (χ0v) is 11.4. The Kier molecular flexibility index (Phi) is 4.80. The van der Waals surface area contributed by atoms with Gasteiger partial charge in [-0.15, -0.1) is 0 Å². The zero-order chi connectivity index (χ0) is 13.0. The van der Waals surface area contributed by atoms with Crippen LogP contribution in [0.5, 0.6) is 0 Å². The number of hydrogen-bond donors (Lipinski definition) is 1. The number of thioether (sulfide) groups is 1. The van der Waals surface area contributed by atoms with E-state index in [9.17, 15) is 10.1 Å². The summed E-state index contributed by atoms with van der Waals surface area (Å²) >= 11 is 1.76. The van der Waals surface area contributed by atoms with E-state index in [1.807, 2.05) is 13.2 Å². The molecule has 6 nitrogen and oxygen atoms in total. The summed E-state index contributed by atoms with van der Waals surface area (Å²) in [5.74, 6) is 2.05. The van der Waals surface area contributed by atoms with E-state index in [-0.39, 0.29) is 11.9 Å². The fourth-order valence-corrected chi connectivity index (χ4v) is 2.07. The molecule has 1 aromatic rings. The fourth-order valence-electron chi connectivity index (χ4n) is 1.48. The van der Waals surface area contributed by atoms with Gasteiger partial charge in [0, 0.05) is 20.0 Å². The van der Waals surface area contributed by atoms with E-state index in [0.29, 0.717) is 11.6 Å². The molecule has 1 aromatic heterocycles. The van der Waals surface area contributed by atoms with Gasteiger partial charge in [0.15, 0.2) is 0 Å². The lowest BCUT2D eigenvalue weighted by atomic mass is 10.2. The standard InChI is InChI=1S/C10H18N4O2S/c1-7(5-6-17-4)11-9-10(14(15)16)12-8(2)13(9)3/h7,11H,5-6H2,1-4H3. The molecule has 96 valence electrons. The van der Waals surface area contributed by atoms with Crippen molar-refractivity contribution >= 4 is 23.4 Å². The third kappa shape index (κ3) is 3.36. The first-order valence-corrected chi connectivity index (χ1v) is 6.80. The van der Waals surface area contributed by atoms with E-state index in [1.54, 1.807) is 30.3 Å². The molecule has 1 heterocycles. The minimum absolute atomic E-state index is 0.0963. The number of nitro groups is 1. The second-order valence-corrected chi connectivity index (χ2v) is 4.96. The van der Waals surface area contributed by atoms with E-state index < -0.39 is 4.92 Å². The highest BCUT2D eigenvalue weighted by atomic mass is 32.2. The van der Waals surface area contributed by atoms with Crippen molar-refractivity contribution in [1.82, 2.24) is 9.55 Å². The quantitative estimate of drug-likeness (QED) is 0.625. The van der Waals surface area contributed by atoms with Crippen LogP contribution in [0.1, 0.15) is 19.2 Å². The predicted octanol–water partition coefficient (Wildman–Crippen LogP) is 2.19. The number of anilines is 1. The Morgan fingerprint density at radius 3 is 2.82 bits per heavy atom. The molecule has 0 spiro atoms. The molecule has 0 amide bonds. The van der Waals surface area contributed by atoms with Gasteiger partial charge >= 0.3 is 5.82 Å². The number of nitrogens with zero attached hydrogens (tertiary/aromatic N) is 3. The normalized spacial score (nSPS) is 12.5. The number of imidazole rings is 1. The van der Waals surface area contributed by atoms with E-state index in [1.165, 1.54) is 0 Å². The highest BCUT2D eigenvalue weighted by Crippen LogP contribution is 2.24. The Bertz CT molecular complexity index is 405. The van der Waals surface area contributed by atoms with E-state index >= 15 is 0 Å². The predicted molar refractivity (Wildman–Crippen MR) is 70.7 cm³/mol. The van der Waals surface area contributed by atoms with Crippen molar-refractivity contribution < 1.29 is 4.92 Å². The average Bonchev–Trinajstić information content (AvgIpc) is 2.54. The van der Waals surface area contributed by atoms with Gasteiger partial charge < -0.3 is 15.4 Å². The van der Waals surface area contributed by atoms with Gasteiger partial charge in [-0.25, -0.2) is 0 Å². The molecule has 17 heavy (non-hydrogen) atoms. The lowest BCUT2D eigenvalue weighted by Crippen LogP contribution is -2.18. The first kappa shape index (κ1) is 13.8. The van der Waals surface area contributed by atoms with Crippen molar-refractivity contribution in [1.29, 1.82) is 0 Å². The molecule has 0 saturated heterocycles. The first-order chi connectivity index (χ1) is 7.97. The summed E-state index contributed by atoms with van der Waals surface area (Å²) in [6.07, 6.45) is 3.01. The molecule has 0 aliphatic rings. The Morgan fingerprint density at radius 1 is 1.65 bits per heavy atom.